The molecule has 158 valence electrons. The zero-order chi connectivity index (χ0) is 22.0. The Hall–Kier alpha value is -3.62. The number of esters is 1. The van der Waals surface area contributed by atoms with Crippen LogP contribution in [0.3, 0.4) is 0 Å². The number of hydrogen-bond acceptors (Lipinski definition) is 7. The van der Waals surface area contributed by atoms with Crippen LogP contribution in [-0.2, 0) is 21.4 Å². The van der Waals surface area contributed by atoms with Gasteiger partial charge in [-0.25, -0.2) is 9.59 Å². The zero-order valence-corrected chi connectivity index (χ0v) is 17.4. The lowest BCUT2D eigenvalue weighted by molar-refractivity contribution is -0.155. The Kier molecular flexibility index (Phi) is 5.91. The van der Waals surface area contributed by atoms with E-state index in [-0.39, 0.29) is 0 Å². The van der Waals surface area contributed by atoms with Gasteiger partial charge in [-0.2, -0.15) is 5.10 Å². The van der Waals surface area contributed by atoms with Crippen LogP contribution in [0.2, 0.25) is 0 Å². The molecule has 3 aromatic rings. The molecular weight excluding hydrogens is 390 g/mol. The molecule has 1 amide bonds. The predicted octanol–water partition coefficient (Wildman–Crippen LogP) is 2.40. The SMILES string of the molecule is Cc1nn(C)c(C)c1NC(=O)[C@H](C)OC(=O)COc1ccc2c(C)cc(=O)oc2c1. The number of aryl methyl sites for hydroxylation is 3. The molecule has 0 aliphatic carbocycles. The molecule has 0 saturated carbocycles. The molecule has 0 unspecified atom stereocenters. The fourth-order valence-corrected chi connectivity index (χ4v) is 3.00. The highest BCUT2D eigenvalue weighted by Crippen LogP contribution is 2.22. The minimum atomic E-state index is -1.02. The average Bonchev–Trinajstić information content (AvgIpc) is 2.91. The smallest absolute Gasteiger partial charge is 0.344 e. The fourth-order valence-electron chi connectivity index (χ4n) is 3.00. The van der Waals surface area contributed by atoms with Gasteiger partial charge >= 0.3 is 11.6 Å². The van der Waals surface area contributed by atoms with Gasteiger partial charge in [0.2, 0.25) is 0 Å². The van der Waals surface area contributed by atoms with Crippen LogP contribution in [0.1, 0.15) is 23.9 Å². The number of ether oxygens (including phenoxy) is 2. The number of amides is 1. The number of rotatable bonds is 6. The van der Waals surface area contributed by atoms with Crippen molar-refractivity contribution in [2.75, 3.05) is 11.9 Å². The summed E-state index contributed by atoms with van der Waals surface area (Å²) in [4.78, 5) is 35.9. The number of nitrogens with zero attached hydrogens (tertiary/aromatic N) is 2. The zero-order valence-electron chi connectivity index (χ0n) is 17.4. The summed E-state index contributed by atoms with van der Waals surface area (Å²) in [7, 11) is 1.78. The highest BCUT2D eigenvalue weighted by Gasteiger charge is 2.21. The van der Waals surface area contributed by atoms with Gasteiger partial charge in [-0.3, -0.25) is 9.48 Å². The third-order valence-corrected chi connectivity index (χ3v) is 4.71. The van der Waals surface area contributed by atoms with Crippen molar-refractivity contribution in [3.63, 3.8) is 0 Å². The van der Waals surface area contributed by atoms with Crippen LogP contribution in [0.5, 0.6) is 5.75 Å². The first kappa shape index (κ1) is 21.1. The summed E-state index contributed by atoms with van der Waals surface area (Å²) in [5, 5.41) is 7.73. The maximum absolute atomic E-state index is 12.3. The number of fused-ring (bicyclic) bond motifs is 1. The van der Waals surface area contributed by atoms with E-state index < -0.39 is 30.2 Å². The first-order valence-corrected chi connectivity index (χ1v) is 9.33. The lowest BCUT2D eigenvalue weighted by Crippen LogP contribution is -2.32. The quantitative estimate of drug-likeness (QED) is 0.488. The summed E-state index contributed by atoms with van der Waals surface area (Å²) in [6.07, 6.45) is -1.02. The van der Waals surface area contributed by atoms with E-state index in [1.165, 1.54) is 19.1 Å². The van der Waals surface area contributed by atoms with Crippen LogP contribution in [0, 0.1) is 20.8 Å². The fraction of sp³-hybridized carbons (Fsp3) is 0.333. The van der Waals surface area contributed by atoms with Gasteiger partial charge in [-0.1, -0.05) is 0 Å². The van der Waals surface area contributed by atoms with Gasteiger partial charge in [0.25, 0.3) is 5.91 Å². The van der Waals surface area contributed by atoms with Gasteiger partial charge in [0.15, 0.2) is 12.7 Å². The Morgan fingerprint density at radius 2 is 1.97 bits per heavy atom. The molecular formula is C21H23N3O6. The highest BCUT2D eigenvalue weighted by atomic mass is 16.6. The molecule has 0 saturated heterocycles. The molecule has 30 heavy (non-hydrogen) atoms. The second kappa shape index (κ2) is 8.40. The third kappa shape index (κ3) is 4.51. The Balaban J connectivity index is 1.58. The molecule has 1 N–H and O–H groups in total. The molecule has 0 spiro atoms. The molecule has 3 rings (SSSR count). The molecule has 1 aromatic carbocycles. The van der Waals surface area contributed by atoms with Gasteiger partial charge in [0.1, 0.15) is 11.3 Å². The molecule has 0 aliphatic rings. The predicted molar refractivity (Wildman–Crippen MR) is 110 cm³/mol. The van der Waals surface area contributed by atoms with Crippen molar-refractivity contribution in [2.45, 2.75) is 33.8 Å². The Labute approximate surface area is 172 Å². The summed E-state index contributed by atoms with van der Waals surface area (Å²) in [5.74, 6) is -0.833. The van der Waals surface area contributed by atoms with Crippen LogP contribution >= 0.6 is 0 Å². The Bertz CT molecular complexity index is 1180. The Morgan fingerprint density at radius 3 is 2.63 bits per heavy atom. The van der Waals surface area contributed by atoms with Crippen molar-refractivity contribution >= 4 is 28.5 Å². The third-order valence-electron chi connectivity index (χ3n) is 4.71. The molecule has 9 nitrogen and oxygen atoms in total. The first-order chi connectivity index (χ1) is 14.2. The lowest BCUT2D eigenvalue weighted by atomic mass is 10.1. The molecule has 0 aliphatic heterocycles. The van der Waals surface area contributed by atoms with Crippen molar-refractivity contribution in [3.05, 3.63) is 51.6 Å². The molecule has 9 heteroatoms. The van der Waals surface area contributed by atoms with Gasteiger partial charge in [0.05, 0.1) is 17.1 Å². The summed E-state index contributed by atoms with van der Waals surface area (Å²) < 4.78 is 17.4. The summed E-state index contributed by atoms with van der Waals surface area (Å²) in [6, 6.07) is 6.33. The maximum Gasteiger partial charge on any atom is 0.344 e. The summed E-state index contributed by atoms with van der Waals surface area (Å²) in [5.41, 5.74) is 2.74. The van der Waals surface area contributed by atoms with Crippen LogP contribution in [-0.4, -0.2) is 34.4 Å². The minimum Gasteiger partial charge on any atom is -0.482 e. The van der Waals surface area contributed by atoms with Gasteiger partial charge in [-0.15, -0.1) is 0 Å². The topological polar surface area (TPSA) is 113 Å². The van der Waals surface area contributed by atoms with Crippen molar-refractivity contribution in [3.8, 4) is 5.75 Å². The monoisotopic (exact) mass is 413 g/mol. The maximum atomic E-state index is 12.3. The van der Waals surface area contributed by atoms with Crippen LogP contribution in [0.25, 0.3) is 11.0 Å². The highest BCUT2D eigenvalue weighted by molar-refractivity contribution is 5.96. The molecule has 0 fully saturated rings. The Morgan fingerprint density at radius 1 is 1.23 bits per heavy atom. The summed E-state index contributed by atoms with van der Waals surface area (Å²) >= 11 is 0. The first-order valence-electron chi connectivity index (χ1n) is 9.33. The normalized spacial score (nSPS) is 11.9. The lowest BCUT2D eigenvalue weighted by Gasteiger charge is -2.14. The van der Waals surface area contributed by atoms with Crippen LogP contribution in [0.15, 0.2) is 33.5 Å². The molecule has 2 heterocycles. The largest absolute Gasteiger partial charge is 0.482 e. The second-order valence-corrected chi connectivity index (χ2v) is 6.99. The minimum absolute atomic E-state index is 0.340. The molecule has 2 aromatic heterocycles. The number of aromatic nitrogens is 2. The van der Waals surface area contributed by atoms with E-state index >= 15 is 0 Å². The number of nitrogens with one attached hydrogen (secondary N) is 1. The van der Waals surface area contributed by atoms with Crippen molar-refractivity contribution in [1.29, 1.82) is 0 Å². The van der Waals surface area contributed by atoms with Crippen LogP contribution < -0.4 is 15.7 Å². The van der Waals surface area contributed by atoms with E-state index in [1.54, 1.807) is 37.7 Å². The number of anilines is 1. The molecule has 1 atom stereocenters. The van der Waals surface area contributed by atoms with Gasteiger partial charge < -0.3 is 19.2 Å². The molecule has 0 radical (unpaired) electrons. The number of carbonyl (C=O) groups is 2. The number of carbonyl (C=O) groups excluding carboxylic acids is 2. The van der Waals surface area contributed by atoms with E-state index in [0.717, 1.165) is 16.6 Å². The van der Waals surface area contributed by atoms with E-state index in [2.05, 4.69) is 10.4 Å². The van der Waals surface area contributed by atoms with Crippen molar-refractivity contribution in [1.82, 2.24) is 9.78 Å². The standard InChI is InChI=1S/C21H23N3O6/c1-11-8-18(25)30-17-9-15(6-7-16(11)17)28-10-19(26)29-14(4)21(27)22-20-12(2)23-24(5)13(20)3/h6-9,14H,10H2,1-5H3,(H,22,27)/t14-/m0/s1. The summed E-state index contributed by atoms with van der Waals surface area (Å²) in [6.45, 7) is 6.48. The number of hydrogen-bond donors (Lipinski definition) is 1. The van der Waals surface area contributed by atoms with Crippen molar-refractivity contribution < 1.29 is 23.5 Å². The molecule has 0 bridgehead atoms. The number of benzene rings is 1. The van der Waals surface area contributed by atoms with Crippen LogP contribution in [0.4, 0.5) is 5.69 Å². The van der Waals surface area contributed by atoms with E-state index in [4.69, 9.17) is 13.9 Å². The van der Waals surface area contributed by atoms with Gasteiger partial charge in [0, 0.05) is 24.6 Å². The average molecular weight is 413 g/mol. The van der Waals surface area contributed by atoms with E-state index in [0.29, 0.717) is 22.7 Å². The second-order valence-electron chi connectivity index (χ2n) is 6.99. The van der Waals surface area contributed by atoms with E-state index in [9.17, 15) is 14.4 Å². The van der Waals surface area contributed by atoms with E-state index in [1.807, 2.05) is 6.92 Å². The van der Waals surface area contributed by atoms with Crippen molar-refractivity contribution in [2.24, 2.45) is 7.05 Å². The van der Waals surface area contributed by atoms with Gasteiger partial charge in [-0.05, 0) is 45.4 Å².